The second-order valence-corrected chi connectivity index (χ2v) is 8.53. The van der Waals surface area contributed by atoms with Crippen molar-refractivity contribution in [2.75, 3.05) is 49.5 Å². The van der Waals surface area contributed by atoms with E-state index in [1.807, 2.05) is 18.5 Å². The van der Waals surface area contributed by atoms with Gasteiger partial charge in [-0.3, -0.25) is 4.90 Å². The zero-order chi connectivity index (χ0) is 22.1. The van der Waals surface area contributed by atoms with Crippen molar-refractivity contribution in [1.82, 2.24) is 24.4 Å². The first-order chi connectivity index (χ1) is 15.6. The van der Waals surface area contributed by atoms with Crippen molar-refractivity contribution in [1.29, 1.82) is 0 Å². The molecule has 0 saturated carbocycles. The number of hydrogen-bond donors (Lipinski definition) is 2. The number of rotatable bonds is 6. The standard InChI is InChI=1S/C24H29N7O/c1-17(2)31-8-7-18-3-4-19-15-26-24(28-22(19)23(18)31)27-21-6-5-20(16-25-21)30-11-9-29(10-12-30)13-14-32/h3-8,15-17,32H,9-14H2,1-2H3,(H,25,26,27,28). The molecular weight excluding hydrogens is 402 g/mol. The molecule has 32 heavy (non-hydrogen) atoms. The predicted octanol–water partition coefficient (Wildman–Crippen LogP) is 3.42. The van der Waals surface area contributed by atoms with E-state index in [-0.39, 0.29) is 6.61 Å². The second kappa shape index (κ2) is 8.72. The Morgan fingerprint density at radius 2 is 1.78 bits per heavy atom. The highest BCUT2D eigenvalue weighted by molar-refractivity contribution is 6.03. The Hall–Kier alpha value is -3.23. The number of piperazine rings is 1. The average Bonchev–Trinajstić information content (AvgIpc) is 3.26. The molecule has 0 unspecified atom stereocenters. The molecule has 1 fully saturated rings. The summed E-state index contributed by atoms with van der Waals surface area (Å²) in [6.07, 6.45) is 5.88. The third-order valence-electron chi connectivity index (χ3n) is 6.13. The predicted molar refractivity (Wildman–Crippen MR) is 129 cm³/mol. The van der Waals surface area contributed by atoms with Gasteiger partial charge in [-0.2, -0.15) is 0 Å². The summed E-state index contributed by atoms with van der Waals surface area (Å²) in [5, 5.41) is 14.6. The summed E-state index contributed by atoms with van der Waals surface area (Å²) in [4.78, 5) is 18.5. The van der Waals surface area contributed by atoms with E-state index in [0.717, 1.165) is 60.6 Å². The number of pyridine rings is 1. The first kappa shape index (κ1) is 20.7. The van der Waals surface area contributed by atoms with Crippen LogP contribution in [0.3, 0.4) is 0 Å². The van der Waals surface area contributed by atoms with Crippen LogP contribution in [0.2, 0.25) is 0 Å². The molecule has 0 radical (unpaired) electrons. The van der Waals surface area contributed by atoms with Gasteiger partial charge < -0.3 is 19.9 Å². The van der Waals surface area contributed by atoms with Crippen molar-refractivity contribution in [3.8, 4) is 0 Å². The Balaban J connectivity index is 1.35. The minimum atomic E-state index is 0.216. The summed E-state index contributed by atoms with van der Waals surface area (Å²) in [7, 11) is 0. The van der Waals surface area contributed by atoms with Crippen molar-refractivity contribution in [2.24, 2.45) is 0 Å². The molecule has 4 aromatic rings. The molecule has 166 valence electrons. The van der Waals surface area contributed by atoms with Crippen LogP contribution in [0.1, 0.15) is 19.9 Å². The molecule has 5 rings (SSSR count). The summed E-state index contributed by atoms with van der Waals surface area (Å²) < 4.78 is 2.25. The largest absolute Gasteiger partial charge is 0.395 e. The minimum absolute atomic E-state index is 0.216. The molecule has 0 bridgehead atoms. The Labute approximate surface area is 187 Å². The van der Waals surface area contributed by atoms with Crippen LogP contribution >= 0.6 is 0 Å². The molecule has 0 atom stereocenters. The number of nitrogens with zero attached hydrogens (tertiary/aromatic N) is 6. The molecule has 8 nitrogen and oxygen atoms in total. The maximum atomic E-state index is 9.11. The van der Waals surface area contributed by atoms with E-state index in [0.29, 0.717) is 12.0 Å². The Morgan fingerprint density at radius 3 is 2.50 bits per heavy atom. The summed E-state index contributed by atoms with van der Waals surface area (Å²) in [6.45, 7) is 9.10. The fourth-order valence-corrected chi connectivity index (χ4v) is 4.36. The van der Waals surface area contributed by atoms with Gasteiger partial charge in [0.05, 0.1) is 24.0 Å². The fraction of sp³-hybridized carbons (Fsp3) is 0.375. The average molecular weight is 432 g/mol. The van der Waals surface area contributed by atoms with Crippen LogP contribution < -0.4 is 10.2 Å². The van der Waals surface area contributed by atoms with Crippen molar-refractivity contribution < 1.29 is 5.11 Å². The van der Waals surface area contributed by atoms with Crippen LogP contribution in [-0.4, -0.2) is 68.9 Å². The zero-order valence-corrected chi connectivity index (χ0v) is 18.6. The highest BCUT2D eigenvalue weighted by Gasteiger charge is 2.17. The first-order valence-corrected chi connectivity index (χ1v) is 11.2. The van der Waals surface area contributed by atoms with Gasteiger partial charge in [-0.15, -0.1) is 0 Å². The number of fused-ring (bicyclic) bond motifs is 3. The lowest BCUT2D eigenvalue weighted by Crippen LogP contribution is -2.47. The Morgan fingerprint density at radius 1 is 0.969 bits per heavy atom. The van der Waals surface area contributed by atoms with Crippen LogP contribution in [0.4, 0.5) is 17.5 Å². The van der Waals surface area contributed by atoms with Gasteiger partial charge in [0.2, 0.25) is 5.95 Å². The van der Waals surface area contributed by atoms with Gasteiger partial charge in [0.25, 0.3) is 0 Å². The SMILES string of the molecule is CC(C)n1ccc2ccc3cnc(Nc4ccc(N5CCN(CCO)CC5)cn4)nc3c21. The normalized spacial score (nSPS) is 15.2. The van der Waals surface area contributed by atoms with Gasteiger partial charge in [-0.25, -0.2) is 15.0 Å². The van der Waals surface area contributed by atoms with Crippen LogP contribution in [0.5, 0.6) is 0 Å². The number of benzene rings is 1. The maximum absolute atomic E-state index is 9.11. The molecule has 0 aliphatic carbocycles. The lowest BCUT2D eigenvalue weighted by atomic mass is 10.2. The third kappa shape index (κ3) is 3.99. The number of aliphatic hydroxyl groups excluding tert-OH is 1. The molecule has 4 heterocycles. The summed E-state index contributed by atoms with van der Waals surface area (Å²) in [5.74, 6) is 1.26. The van der Waals surface area contributed by atoms with Gasteiger partial charge in [0.1, 0.15) is 11.3 Å². The zero-order valence-electron chi connectivity index (χ0n) is 18.6. The van der Waals surface area contributed by atoms with Gasteiger partial charge in [0, 0.05) is 61.9 Å². The van der Waals surface area contributed by atoms with Gasteiger partial charge in [-0.05, 0) is 32.0 Å². The molecule has 0 amide bonds. The second-order valence-electron chi connectivity index (χ2n) is 8.53. The van der Waals surface area contributed by atoms with Gasteiger partial charge >= 0.3 is 0 Å². The monoisotopic (exact) mass is 431 g/mol. The highest BCUT2D eigenvalue weighted by atomic mass is 16.3. The smallest absolute Gasteiger partial charge is 0.228 e. The van der Waals surface area contributed by atoms with E-state index in [1.54, 1.807) is 0 Å². The Kier molecular flexibility index (Phi) is 5.63. The van der Waals surface area contributed by atoms with Gasteiger partial charge in [-0.1, -0.05) is 12.1 Å². The molecule has 1 aromatic carbocycles. The van der Waals surface area contributed by atoms with E-state index in [9.17, 15) is 0 Å². The summed E-state index contributed by atoms with van der Waals surface area (Å²) in [6, 6.07) is 10.7. The third-order valence-corrected chi connectivity index (χ3v) is 6.13. The molecule has 8 heteroatoms. The number of hydrogen-bond acceptors (Lipinski definition) is 7. The van der Waals surface area contributed by atoms with Crippen molar-refractivity contribution in [2.45, 2.75) is 19.9 Å². The molecule has 1 aliphatic heterocycles. The number of aliphatic hydroxyl groups is 1. The van der Waals surface area contributed by atoms with E-state index in [2.05, 4.69) is 74.0 Å². The molecule has 3 aromatic heterocycles. The number of nitrogens with one attached hydrogen (secondary N) is 1. The van der Waals surface area contributed by atoms with Crippen LogP contribution in [-0.2, 0) is 0 Å². The minimum Gasteiger partial charge on any atom is -0.395 e. The number of aromatic nitrogens is 4. The lowest BCUT2D eigenvalue weighted by molar-refractivity contribution is 0.189. The molecule has 0 spiro atoms. The molecular formula is C24H29N7O. The Bertz CT molecular complexity index is 1210. The quantitative estimate of drug-likeness (QED) is 0.484. The van der Waals surface area contributed by atoms with Crippen LogP contribution in [0.15, 0.2) is 48.9 Å². The maximum Gasteiger partial charge on any atom is 0.228 e. The molecule has 1 saturated heterocycles. The summed E-state index contributed by atoms with van der Waals surface area (Å²) in [5.41, 5.74) is 3.18. The van der Waals surface area contributed by atoms with E-state index < -0.39 is 0 Å². The van der Waals surface area contributed by atoms with Crippen molar-refractivity contribution in [3.05, 3.63) is 48.9 Å². The highest BCUT2D eigenvalue weighted by Crippen LogP contribution is 2.28. The molecule has 2 N–H and O–H groups in total. The van der Waals surface area contributed by atoms with Crippen molar-refractivity contribution in [3.63, 3.8) is 0 Å². The summed E-state index contributed by atoms with van der Waals surface area (Å²) >= 11 is 0. The first-order valence-electron chi connectivity index (χ1n) is 11.2. The molecule has 1 aliphatic rings. The number of β-amino-alcohol motifs (C(OH)–C–C–N with tert-alkyl or cyclic N) is 1. The van der Waals surface area contributed by atoms with Crippen molar-refractivity contribution >= 4 is 39.3 Å². The van der Waals surface area contributed by atoms with Crippen LogP contribution in [0.25, 0.3) is 21.8 Å². The topological polar surface area (TPSA) is 82.3 Å². The lowest BCUT2D eigenvalue weighted by Gasteiger charge is -2.35. The van der Waals surface area contributed by atoms with Gasteiger partial charge in [0.15, 0.2) is 0 Å². The van der Waals surface area contributed by atoms with E-state index >= 15 is 0 Å². The number of anilines is 3. The van der Waals surface area contributed by atoms with E-state index in [4.69, 9.17) is 10.1 Å². The fourth-order valence-electron chi connectivity index (χ4n) is 4.36. The van der Waals surface area contributed by atoms with Crippen LogP contribution in [0, 0.1) is 0 Å². The van der Waals surface area contributed by atoms with E-state index in [1.165, 1.54) is 5.39 Å².